The van der Waals surface area contributed by atoms with E-state index in [4.69, 9.17) is 4.74 Å². The van der Waals surface area contributed by atoms with Crippen molar-refractivity contribution in [1.82, 2.24) is 4.90 Å². The molecule has 1 amide bonds. The van der Waals surface area contributed by atoms with Crippen LogP contribution in [0.15, 0.2) is 12.1 Å². The number of hydrogen-bond donors (Lipinski definition) is 1. The number of carbonyl (C=O) groups is 2. The third-order valence-corrected chi connectivity index (χ3v) is 5.64. The summed E-state index contributed by atoms with van der Waals surface area (Å²) >= 11 is 0. The summed E-state index contributed by atoms with van der Waals surface area (Å²) in [5.41, 5.74) is 4.03. The SMILES string of the molecule is Cc1cc(C)c(C(=O)N2CCC([C@@H]3OCCC3C(=O)O)CC2)c(C)c1. The normalized spacial score (nSPS) is 24.5. The molecule has 2 fully saturated rings. The van der Waals surface area contributed by atoms with Crippen LogP contribution in [0.5, 0.6) is 0 Å². The summed E-state index contributed by atoms with van der Waals surface area (Å²) in [4.78, 5) is 26.2. The van der Waals surface area contributed by atoms with Crippen molar-refractivity contribution in [2.24, 2.45) is 11.8 Å². The molecule has 5 nitrogen and oxygen atoms in total. The Hall–Kier alpha value is -1.88. The molecule has 0 bridgehead atoms. The van der Waals surface area contributed by atoms with Crippen molar-refractivity contribution in [2.45, 2.75) is 46.1 Å². The van der Waals surface area contributed by atoms with E-state index in [2.05, 4.69) is 12.1 Å². The quantitative estimate of drug-likeness (QED) is 0.915. The van der Waals surface area contributed by atoms with Gasteiger partial charge in [0.1, 0.15) is 0 Å². The summed E-state index contributed by atoms with van der Waals surface area (Å²) in [5.74, 6) is -0.829. The Balaban J connectivity index is 1.66. The maximum Gasteiger partial charge on any atom is 0.309 e. The number of piperidine rings is 1. The van der Waals surface area contributed by atoms with Gasteiger partial charge in [-0.3, -0.25) is 9.59 Å². The molecule has 2 heterocycles. The molecule has 1 aromatic carbocycles. The van der Waals surface area contributed by atoms with Gasteiger partial charge in [0.2, 0.25) is 0 Å². The monoisotopic (exact) mass is 345 g/mol. The highest BCUT2D eigenvalue weighted by atomic mass is 16.5. The number of benzene rings is 1. The summed E-state index contributed by atoms with van der Waals surface area (Å²) in [7, 11) is 0. The molecule has 5 heteroatoms. The number of ether oxygens (including phenoxy) is 1. The highest BCUT2D eigenvalue weighted by molar-refractivity contribution is 5.97. The van der Waals surface area contributed by atoms with Crippen molar-refractivity contribution in [1.29, 1.82) is 0 Å². The molecule has 1 unspecified atom stereocenters. The minimum atomic E-state index is -0.757. The highest BCUT2D eigenvalue weighted by Gasteiger charge is 2.41. The molecule has 3 rings (SSSR count). The Morgan fingerprint density at radius 2 is 1.68 bits per heavy atom. The van der Waals surface area contributed by atoms with Gasteiger partial charge in [0.15, 0.2) is 0 Å². The van der Waals surface area contributed by atoms with Crippen LogP contribution in [0.3, 0.4) is 0 Å². The topological polar surface area (TPSA) is 66.8 Å². The Kier molecular flexibility index (Phi) is 5.13. The molecule has 0 aliphatic carbocycles. The van der Waals surface area contributed by atoms with E-state index in [1.54, 1.807) is 0 Å². The molecule has 0 saturated carbocycles. The lowest BCUT2D eigenvalue weighted by molar-refractivity contribution is -0.145. The molecule has 2 atom stereocenters. The fraction of sp³-hybridized carbons (Fsp3) is 0.600. The number of carboxylic acid groups (broad SMARTS) is 1. The highest BCUT2D eigenvalue weighted by Crippen LogP contribution is 2.34. The first-order valence-electron chi connectivity index (χ1n) is 9.10. The van der Waals surface area contributed by atoms with E-state index in [9.17, 15) is 14.7 Å². The molecular formula is C20H27NO4. The molecule has 2 aliphatic rings. The number of aryl methyl sites for hydroxylation is 3. The number of amides is 1. The van der Waals surface area contributed by atoms with Gasteiger partial charge in [0, 0.05) is 25.3 Å². The van der Waals surface area contributed by atoms with Crippen molar-refractivity contribution in [2.75, 3.05) is 19.7 Å². The second kappa shape index (κ2) is 7.16. The predicted molar refractivity (Wildman–Crippen MR) is 94.8 cm³/mol. The van der Waals surface area contributed by atoms with Gasteiger partial charge in [-0.05, 0) is 57.1 Å². The number of carboxylic acids is 1. The maximum absolute atomic E-state index is 13.0. The van der Waals surface area contributed by atoms with Gasteiger partial charge in [-0.25, -0.2) is 0 Å². The molecule has 0 aromatic heterocycles. The van der Waals surface area contributed by atoms with E-state index < -0.39 is 11.9 Å². The average Bonchev–Trinajstić information content (AvgIpc) is 3.03. The molecule has 1 N–H and O–H groups in total. The van der Waals surface area contributed by atoms with Crippen LogP contribution >= 0.6 is 0 Å². The Bertz CT molecular complexity index is 653. The van der Waals surface area contributed by atoms with Crippen LogP contribution in [-0.4, -0.2) is 47.7 Å². The Labute approximate surface area is 149 Å². The third kappa shape index (κ3) is 3.56. The van der Waals surface area contributed by atoms with Crippen LogP contribution in [0, 0.1) is 32.6 Å². The number of hydrogen-bond acceptors (Lipinski definition) is 3. The molecule has 0 radical (unpaired) electrons. The largest absolute Gasteiger partial charge is 0.481 e. The third-order valence-electron chi connectivity index (χ3n) is 5.64. The van der Waals surface area contributed by atoms with Crippen molar-refractivity contribution < 1.29 is 19.4 Å². The van der Waals surface area contributed by atoms with Crippen LogP contribution in [-0.2, 0) is 9.53 Å². The van der Waals surface area contributed by atoms with Gasteiger partial charge in [-0.2, -0.15) is 0 Å². The van der Waals surface area contributed by atoms with E-state index in [0.717, 1.165) is 29.5 Å². The molecule has 1 aromatic rings. The molecule has 0 spiro atoms. The fourth-order valence-corrected chi connectivity index (χ4v) is 4.45. The zero-order valence-corrected chi connectivity index (χ0v) is 15.2. The number of aliphatic carboxylic acids is 1. The molecule has 2 aliphatic heterocycles. The van der Waals surface area contributed by atoms with Gasteiger partial charge in [0.05, 0.1) is 12.0 Å². The van der Waals surface area contributed by atoms with Crippen molar-refractivity contribution in [3.8, 4) is 0 Å². The number of carbonyl (C=O) groups excluding carboxylic acids is 1. The molecule has 136 valence electrons. The van der Waals surface area contributed by atoms with E-state index in [1.807, 2.05) is 25.7 Å². The first kappa shape index (κ1) is 17.9. The number of nitrogens with zero attached hydrogens (tertiary/aromatic N) is 1. The Morgan fingerprint density at radius 1 is 1.08 bits per heavy atom. The standard InChI is InChI=1S/C20H27NO4/c1-12-10-13(2)17(14(3)11-12)19(22)21-7-4-15(5-8-21)18-16(20(23)24)6-9-25-18/h10-11,15-16,18H,4-9H2,1-3H3,(H,23,24)/t16?,18-/m0/s1. The second-order valence-electron chi connectivity index (χ2n) is 7.47. The van der Waals surface area contributed by atoms with E-state index >= 15 is 0 Å². The minimum Gasteiger partial charge on any atom is -0.481 e. The zero-order chi connectivity index (χ0) is 18.1. The van der Waals surface area contributed by atoms with Gasteiger partial charge in [0.25, 0.3) is 5.91 Å². The summed E-state index contributed by atoms with van der Waals surface area (Å²) in [6.45, 7) is 7.89. The zero-order valence-electron chi connectivity index (χ0n) is 15.2. The van der Waals surface area contributed by atoms with E-state index in [0.29, 0.717) is 26.1 Å². The molecule has 2 saturated heterocycles. The summed E-state index contributed by atoms with van der Waals surface area (Å²) in [6, 6.07) is 4.10. The van der Waals surface area contributed by atoms with Crippen molar-refractivity contribution in [3.05, 3.63) is 34.4 Å². The van der Waals surface area contributed by atoms with Gasteiger partial charge < -0.3 is 14.7 Å². The second-order valence-corrected chi connectivity index (χ2v) is 7.47. The first-order chi connectivity index (χ1) is 11.9. The lowest BCUT2D eigenvalue weighted by Crippen LogP contribution is -2.43. The fourth-order valence-electron chi connectivity index (χ4n) is 4.45. The van der Waals surface area contributed by atoms with E-state index in [1.165, 1.54) is 5.56 Å². The van der Waals surface area contributed by atoms with E-state index in [-0.39, 0.29) is 17.9 Å². The lowest BCUT2D eigenvalue weighted by Gasteiger charge is -2.36. The average molecular weight is 345 g/mol. The smallest absolute Gasteiger partial charge is 0.309 e. The molecular weight excluding hydrogens is 318 g/mol. The van der Waals surface area contributed by atoms with Crippen molar-refractivity contribution in [3.63, 3.8) is 0 Å². The van der Waals surface area contributed by atoms with Crippen LogP contribution in [0.1, 0.15) is 46.3 Å². The van der Waals surface area contributed by atoms with Crippen LogP contribution in [0.25, 0.3) is 0 Å². The molecule has 25 heavy (non-hydrogen) atoms. The van der Waals surface area contributed by atoms with Gasteiger partial charge in [-0.15, -0.1) is 0 Å². The maximum atomic E-state index is 13.0. The van der Waals surface area contributed by atoms with Crippen molar-refractivity contribution >= 4 is 11.9 Å². The Morgan fingerprint density at radius 3 is 2.24 bits per heavy atom. The van der Waals surface area contributed by atoms with Gasteiger partial charge in [-0.1, -0.05) is 17.7 Å². The number of likely N-dealkylation sites (tertiary alicyclic amines) is 1. The summed E-state index contributed by atoms with van der Waals surface area (Å²) < 4.78 is 5.71. The van der Waals surface area contributed by atoms with Crippen LogP contribution in [0.4, 0.5) is 0 Å². The number of rotatable bonds is 3. The predicted octanol–water partition coefficient (Wildman–Crippen LogP) is 2.95. The minimum absolute atomic E-state index is 0.0931. The van der Waals surface area contributed by atoms with Gasteiger partial charge >= 0.3 is 5.97 Å². The lowest BCUT2D eigenvalue weighted by atomic mass is 9.84. The van der Waals surface area contributed by atoms with Crippen LogP contribution in [0.2, 0.25) is 0 Å². The first-order valence-corrected chi connectivity index (χ1v) is 9.10. The summed E-state index contributed by atoms with van der Waals surface area (Å²) in [6.07, 6.45) is 2.02. The summed E-state index contributed by atoms with van der Waals surface area (Å²) in [5, 5.41) is 9.34. The van der Waals surface area contributed by atoms with Crippen LogP contribution < -0.4 is 0 Å².